The lowest BCUT2D eigenvalue weighted by Gasteiger charge is -2.36. The predicted octanol–water partition coefficient (Wildman–Crippen LogP) is 5.62. The van der Waals surface area contributed by atoms with Gasteiger partial charge in [0.15, 0.2) is 0 Å². The van der Waals surface area contributed by atoms with Gasteiger partial charge in [0.1, 0.15) is 11.6 Å². The van der Waals surface area contributed by atoms with Gasteiger partial charge in [-0.2, -0.15) is 5.26 Å². The van der Waals surface area contributed by atoms with Crippen molar-refractivity contribution in [1.29, 1.82) is 5.26 Å². The predicted molar refractivity (Wildman–Crippen MR) is 136 cm³/mol. The first-order valence-corrected chi connectivity index (χ1v) is 13.1. The fraction of sp³-hybridized carbons (Fsp3) is 0.643. The van der Waals surface area contributed by atoms with Crippen molar-refractivity contribution in [3.8, 4) is 6.07 Å². The summed E-state index contributed by atoms with van der Waals surface area (Å²) in [6.07, 6.45) is 15.3. The molecule has 1 saturated heterocycles. The smallest absolute Gasteiger partial charge is 0.263 e. The van der Waals surface area contributed by atoms with Gasteiger partial charge >= 0.3 is 0 Å². The average Bonchev–Trinajstić information content (AvgIpc) is 2.81. The van der Waals surface area contributed by atoms with Crippen molar-refractivity contribution >= 4 is 11.6 Å². The van der Waals surface area contributed by atoms with Gasteiger partial charge < -0.3 is 15.1 Å². The zero-order valence-electron chi connectivity index (χ0n) is 20.7. The Kier molecular flexibility index (Phi) is 10.1. The van der Waals surface area contributed by atoms with Gasteiger partial charge in [0, 0.05) is 44.1 Å². The van der Waals surface area contributed by atoms with Crippen LogP contribution in [0.3, 0.4) is 0 Å². The van der Waals surface area contributed by atoms with E-state index in [2.05, 4.69) is 53.2 Å². The quantitative estimate of drug-likeness (QED) is 0.478. The van der Waals surface area contributed by atoms with Crippen LogP contribution in [0.15, 0.2) is 30.0 Å². The molecule has 5 nitrogen and oxygen atoms in total. The molecule has 0 aromatic heterocycles. The summed E-state index contributed by atoms with van der Waals surface area (Å²) in [5, 5.41) is 12.9. The topological polar surface area (TPSA) is 59.4 Å². The summed E-state index contributed by atoms with van der Waals surface area (Å²) < 4.78 is 0. The number of benzene rings is 1. The molecule has 0 bridgehead atoms. The summed E-state index contributed by atoms with van der Waals surface area (Å²) in [6.45, 7) is 7.74. The molecular formula is C28H42N4O. The van der Waals surface area contributed by atoms with Gasteiger partial charge in [-0.05, 0) is 43.9 Å². The van der Waals surface area contributed by atoms with Crippen LogP contribution in [0.5, 0.6) is 0 Å². The largest absolute Gasteiger partial charge is 0.373 e. The molecule has 1 saturated carbocycles. The van der Waals surface area contributed by atoms with Crippen molar-refractivity contribution in [2.75, 3.05) is 31.1 Å². The fourth-order valence-corrected chi connectivity index (χ4v) is 5.06. The summed E-state index contributed by atoms with van der Waals surface area (Å²) in [4.78, 5) is 17.5. The van der Waals surface area contributed by atoms with Crippen LogP contribution in [0, 0.1) is 25.2 Å². The Hall–Kier alpha value is -2.48. The van der Waals surface area contributed by atoms with E-state index in [0.29, 0.717) is 0 Å². The number of amides is 1. The lowest BCUT2D eigenvalue weighted by Crippen LogP contribution is -2.45. The molecule has 1 heterocycles. The second-order valence-electron chi connectivity index (χ2n) is 9.83. The van der Waals surface area contributed by atoms with E-state index >= 15 is 0 Å². The van der Waals surface area contributed by atoms with Crippen LogP contribution in [0.25, 0.3) is 0 Å². The number of hydrogen-bond donors (Lipinski definition) is 1. The molecule has 0 radical (unpaired) electrons. The minimum absolute atomic E-state index is 0.190. The summed E-state index contributed by atoms with van der Waals surface area (Å²) in [7, 11) is 0. The van der Waals surface area contributed by atoms with Crippen molar-refractivity contribution < 1.29 is 4.79 Å². The second kappa shape index (κ2) is 13.3. The number of nitrogens with one attached hydrogen (secondary N) is 1. The van der Waals surface area contributed by atoms with Crippen LogP contribution in [-0.4, -0.2) is 43.0 Å². The second-order valence-corrected chi connectivity index (χ2v) is 9.83. The molecule has 1 amide bonds. The fourth-order valence-electron chi connectivity index (χ4n) is 5.06. The molecule has 180 valence electrons. The summed E-state index contributed by atoms with van der Waals surface area (Å²) in [5.41, 5.74) is 4.17. The minimum atomic E-state index is -0.202. The van der Waals surface area contributed by atoms with Crippen LogP contribution in [-0.2, 0) is 4.79 Å². The molecule has 2 fully saturated rings. The van der Waals surface area contributed by atoms with E-state index in [4.69, 9.17) is 0 Å². The third-order valence-electron chi connectivity index (χ3n) is 7.35. The molecule has 1 aliphatic heterocycles. The van der Waals surface area contributed by atoms with Gasteiger partial charge in [-0.25, -0.2) is 0 Å². The highest BCUT2D eigenvalue weighted by Gasteiger charge is 2.20. The maximum Gasteiger partial charge on any atom is 0.263 e. The normalized spacial score (nSPS) is 19.8. The molecule has 3 rings (SSSR count). The maximum atomic E-state index is 12.9. The number of hydrogen-bond acceptors (Lipinski definition) is 4. The van der Waals surface area contributed by atoms with Gasteiger partial charge in [-0.3, -0.25) is 4.79 Å². The first-order valence-electron chi connectivity index (χ1n) is 13.1. The summed E-state index contributed by atoms with van der Waals surface area (Å²) >= 11 is 0. The number of rotatable bonds is 4. The molecule has 0 atom stereocenters. The highest BCUT2D eigenvalue weighted by molar-refractivity contribution is 5.97. The van der Waals surface area contributed by atoms with E-state index in [0.717, 1.165) is 51.9 Å². The van der Waals surface area contributed by atoms with Crippen LogP contribution in [0.2, 0.25) is 0 Å². The Labute approximate surface area is 200 Å². The van der Waals surface area contributed by atoms with Gasteiger partial charge in [0.05, 0.1) is 0 Å². The monoisotopic (exact) mass is 450 g/mol. The van der Waals surface area contributed by atoms with Gasteiger partial charge in [0.25, 0.3) is 5.91 Å². The molecule has 1 N–H and O–H groups in total. The lowest BCUT2D eigenvalue weighted by molar-refractivity contribution is -0.118. The molecule has 1 aromatic rings. The Morgan fingerprint density at radius 1 is 0.939 bits per heavy atom. The molecule has 33 heavy (non-hydrogen) atoms. The lowest BCUT2D eigenvalue weighted by atomic mass is 9.97. The third-order valence-corrected chi connectivity index (χ3v) is 7.35. The Morgan fingerprint density at radius 3 is 2.09 bits per heavy atom. The molecule has 2 aliphatic rings. The molecule has 5 heteroatoms. The number of aryl methyl sites for hydroxylation is 1. The zero-order chi connectivity index (χ0) is 23.5. The van der Waals surface area contributed by atoms with Crippen LogP contribution >= 0.6 is 0 Å². The molecular weight excluding hydrogens is 408 g/mol. The van der Waals surface area contributed by atoms with Crippen molar-refractivity contribution in [2.24, 2.45) is 0 Å². The van der Waals surface area contributed by atoms with Crippen molar-refractivity contribution in [2.45, 2.75) is 90.5 Å². The van der Waals surface area contributed by atoms with E-state index < -0.39 is 0 Å². The maximum absolute atomic E-state index is 12.9. The van der Waals surface area contributed by atoms with Gasteiger partial charge in [0.2, 0.25) is 0 Å². The van der Waals surface area contributed by atoms with Crippen LogP contribution in [0.4, 0.5) is 5.69 Å². The highest BCUT2D eigenvalue weighted by Crippen LogP contribution is 2.24. The molecule has 0 unspecified atom stereocenters. The molecule has 0 spiro atoms. The van der Waals surface area contributed by atoms with E-state index in [9.17, 15) is 10.1 Å². The van der Waals surface area contributed by atoms with E-state index in [-0.39, 0.29) is 17.5 Å². The Bertz CT molecular complexity index is 821. The number of anilines is 1. The highest BCUT2D eigenvalue weighted by atomic mass is 16.1. The third kappa shape index (κ3) is 7.81. The standard InChI is InChI=1S/C28H42N4O/c1-23-13-12-16-27(24(23)2)32-19-17-31(18-20-32)22-25(21-29)28(33)30-26-14-10-8-6-4-3-5-7-9-11-15-26/h12-13,16,22,26H,3-11,14-15,17-20H2,1-2H3,(H,30,33)/b25-22-. The molecule has 1 aromatic carbocycles. The van der Waals surface area contributed by atoms with E-state index in [1.807, 2.05) is 0 Å². The first kappa shape index (κ1) is 25.1. The first-order chi connectivity index (χ1) is 16.1. The Morgan fingerprint density at radius 2 is 1.52 bits per heavy atom. The van der Waals surface area contributed by atoms with Crippen molar-refractivity contribution in [3.05, 3.63) is 41.1 Å². The van der Waals surface area contributed by atoms with Crippen molar-refractivity contribution in [1.82, 2.24) is 10.2 Å². The van der Waals surface area contributed by atoms with Crippen LogP contribution < -0.4 is 10.2 Å². The SMILES string of the molecule is Cc1cccc(N2CCN(/C=C(/C#N)C(=O)NC3CCCCCCCCCCC3)CC2)c1C. The summed E-state index contributed by atoms with van der Waals surface area (Å²) in [5.74, 6) is -0.202. The number of nitrogens with zero attached hydrogens (tertiary/aromatic N) is 3. The van der Waals surface area contributed by atoms with Crippen LogP contribution in [0.1, 0.15) is 81.8 Å². The van der Waals surface area contributed by atoms with Gasteiger partial charge in [-0.15, -0.1) is 0 Å². The zero-order valence-corrected chi connectivity index (χ0v) is 20.7. The molecule has 1 aliphatic carbocycles. The average molecular weight is 451 g/mol. The van der Waals surface area contributed by atoms with E-state index in [1.54, 1.807) is 6.20 Å². The number of nitriles is 1. The minimum Gasteiger partial charge on any atom is -0.373 e. The summed E-state index contributed by atoms with van der Waals surface area (Å²) in [6, 6.07) is 8.80. The number of carbonyl (C=O) groups is 1. The number of piperazine rings is 1. The van der Waals surface area contributed by atoms with Crippen molar-refractivity contribution in [3.63, 3.8) is 0 Å². The Balaban J connectivity index is 1.54. The number of carbonyl (C=O) groups excluding carboxylic acids is 1. The van der Waals surface area contributed by atoms with Gasteiger partial charge in [-0.1, -0.05) is 69.9 Å². The van der Waals surface area contributed by atoms with E-state index in [1.165, 1.54) is 61.8 Å².